The summed E-state index contributed by atoms with van der Waals surface area (Å²) in [5, 5.41) is 0. The van der Waals surface area contributed by atoms with Gasteiger partial charge in [0, 0.05) is 34.1 Å². The average molecular weight is 743 g/mol. The minimum absolute atomic E-state index is 0. The average Bonchev–Trinajstić information content (AvgIpc) is 2.86. The Hall–Kier alpha value is 3.06. The Morgan fingerprint density at radius 3 is 0.395 bits per heavy atom. The second kappa shape index (κ2) is 72.4. The van der Waals surface area contributed by atoms with Crippen LogP contribution in [0.5, 0.6) is 0 Å². The molecule has 0 saturated heterocycles. The molecule has 0 spiro atoms. The summed E-state index contributed by atoms with van der Waals surface area (Å²) in [6.45, 7) is 40.3. The Bertz CT molecular complexity index is 207. The molecule has 0 aromatic rings. The first kappa shape index (κ1) is 68.3. The molecule has 0 atom stereocenters. The second-order valence-electron chi connectivity index (χ2n) is 7.07. The maximum absolute atomic E-state index is 4.39. The molecular formula is C28H74Fe2N2S6. The van der Waals surface area contributed by atoms with Gasteiger partial charge in [0.15, 0.2) is 0 Å². The quantitative estimate of drug-likeness (QED) is 0.129. The van der Waals surface area contributed by atoms with Gasteiger partial charge in [-0.2, -0.15) is 23.0 Å². The van der Waals surface area contributed by atoms with Crippen LogP contribution in [0.15, 0.2) is 0 Å². The van der Waals surface area contributed by atoms with Gasteiger partial charge in [-0.05, 0) is 94.5 Å². The van der Waals surface area contributed by atoms with Gasteiger partial charge < -0.3 is 59.5 Å². The fourth-order valence-electron chi connectivity index (χ4n) is 2.68. The fraction of sp³-hybridized carbons (Fsp3) is 1.00. The third-order valence-electron chi connectivity index (χ3n) is 5.37. The Morgan fingerprint density at radius 1 is 0.342 bits per heavy atom. The van der Waals surface area contributed by atoms with E-state index in [0.29, 0.717) is 0 Å². The van der Waals surface area contributed by atoms with E-state index in [0.717, 1.165) is 34.5 Å². The molecule has 0 aromatic heterocycles. The van der Waals surface area contributed by atoms with E-state index in [9.17, 15) is 0 Å². The molecule has 0 saturated carbocycles. The molecule has 0 rings (SSSR count). The van der Waals surface area contributed by atoms with Gasteiger partial charge in [-0.3, -0.25) is 0 Å². The molecule has 0 heterocycles. The molecule has 0 amide bonds. The van der Waals surface area contributed by atoms with Crippen molar-refractivity contribution in [1.82, 2.24) is 0 Å². The van der Waals surface area contributed by atoms with Crippen molar-refractivity contribution in [2.24, 2.45) is 0 Å². The standard InChI is InChI=1S/2C8H20N.6C2H6S.2Fe/c2*1-5-9(6-2,7-3)8-4;6*1-2-3;;/h2*5-8H2,1-4H3;6*3H,2H2,1H3;;/q2*+1;;;;;;;;/p-2. The summed E-state index contributed by atoms with van der Waals surface area (Å²) < 4.78 is 2.56. The minimum atomic E-state index is 0. The van der Waals surface area contributed by atoms with Gasteiger partial charge in [-0.15, -0.1) is 0 Å². The van der Waals surface area contributed by atoms with E-state index in [4.69, 9.17) is 0 Å². The van der Waals surface area contributed by atoms with Gasteiger partial charge in [0.1, 0.15) is 11.5 Å². The first-order valence-corrected chi connectivity index (χ1v) is 18.0. The van der Waals surface area contributed by atoms with Crippen LogP contribution >= 0.6 is 0 Å². The summed E-state index contributed by atoms with van der Waals surface area (Å²) in [5.41, 5.74) is 0. The van der Waals surface area contributed by atoms with Crippen LogP contribution in [0.2, 0.25) is 0 Å². The summed E-state index contributed by atoms with van der Waals surface area (Å²) in [4.78, 5) is 0. The zero-order valence-corrected chi connectivity index (χ0v) is 35.6. The summed E-state index contributed by atoms with van der Waals surface area (Å²) in [6.07, 6.45) is 0. The number of quaternary nitrogens is 2. The molecule has 10 heteroatoms. The zero-order chi connectivity index (χ0) is 30.9. The van der Waals surface area contributed by atoms with Gasteiger partial charge in [-0.1, -0.05) is 27.7 Å². The first-order valence-electron chi connectivity index (χ1n) is 14.3. The molecule has 2 nitrogen and oxygen atoms in total. The van der Waals surface area contributed by atoms with Crippen LogP contribution in [0.25, 0.3) is 0 Å². The van der Waals surface area contributed by atoms with Gasteiger partial charge >= 0.3 is 0 Å². The maximum atomic E-state index is 4.39. The maximum Gasteiger partial charge on any atom is 0.100 e. The molecule has 0 unspecified atom stereocenters. The molecule has 0 fully saturated rings. The molecule has 0 aliphatic heterocycles. The molecule has 0 N–H and O–H groups in total. The molecular weight excluding hydrogens is 668 g/mol. The molecule has 38 heavy (non-hydrogen) atoms. The normalized spacial score (nSPS) is 8.53. The van der Waals surface area contributed by atoms with Crippen molar-refractivity contribution in [1.29, 1.82) is 0 Å². The van der Waals surface area contributed by atoms with E-state index in [2.05, 4.69) is 131 Å². The van der Waals surface area contributed by atoms with E-state index in [1.54, 1.807) is 0 Å². The largest absolute Gasteiger partial charge is 0.793 e. The Balaban J connectivity index is -0.0000000313. The van der Waals surface area contributed by atoms with Crippen LogP contribution in [0.1, 0.15) is 96.9 Å². The van der Waals surface area contributed by atoms with Crippen LogP contribution in [-0.4, -0.2) is 95.8 Å². The van der Waals surface area contributed by atoms with Crippen molar-refractivity contribution in [3.05, 3.63) is 0 Å². The monoisotopic (exact) mass is 742 g/mol. The Labute approximate surface area is 300 Å². The van der Waals surface area contributed by atoms with Gasteiger partial charge in [0.2, 0.25) is 0 Å². The van der Waals surface area contributed by atoms with E-state index < -0.39 is 0 Å². The number of hydrogen-bond acceptors (Lipinski definition) is 4. The smallest absolute Gasteiger partial charge is 0.100 e. The zero-order valence-electron chi connectivity index (χ0n) is 28.1. The third-order valence-corrected chi connectivity index (χ3v) is 5.37. The van der Waals surface area contributed by atoms with Crippen LogP contribution in [0.4, 0.5) is 0 Å². The van der Waals surface area contributed by atoms with Gasteiger partial charge in [-0.25, -0.2) is 0 Å². The number of rotatable bonds is 8. The second-order valence-corrected chi connectivity index (χ2v) is 10.8. The molecule has 0 radical (unpaired) electrons. The van der Waals surface area contributed by atoms with Crippen LogP contribution < -0.4 is 0 Å². The van der Waals surface area contributed by atoms with Gasteiger partial charge in [0.25, 0.3) is 0 Å². The molecule has 248 valence electrons. The van der Waals surface area contributed by atoms with E-state index in [1.165, 1.54) is 61.3 Å². The molecule has 0 aliphatic carbocycles. The molecule has 0 bridgehead atoms. The number of hydrogen-bond donors (Lipinski definition) is 0. The van der Waals surface area contributed by atoms with Gasteiger partial charge in [0.05, 0.1) is 52.4 Å². The van der Waals surface area contributed by atoms with Crippen molar-refractivity contribution in [2.45, 2.75) is 96.9 Å². The van der Waals surface area contributed by atoms with Crippen molar-refractivity contribution >= 4 is 75.8 Å². The molecule has 0 aromatic carbocycles. The summed E-state index contributed by atoms with van der Waals surface area (Å²) in [6, 6.07) is 0. The van der Waals surface area contributed by atoms with Crippen molar-refractivity contribution in [3.63, 3.8) is 0 Å². The van der Waals surface area contributed by atoms with E-state index >= 15 is 0 Å². The van der Waals surface area contributed by atoms with Crippen LogP contribution in [-0.2, 0) is 110 Å². The number of nitrogens with zero attached hydrogens (tertiary/aromatic N) is 2. The van der Waals surface area contributed by atoms with E-state index in [1.807, 2.05) is 41.5 Å². The van der Waals surface area contributed by atoms with Crippen molar-refractivity contribution < 1.29 is 43.1 Å². The molecule has 0 aliphatic rings. The minimum Gasteiger partial charge on any atom is -0.793 e. The van der Waals surface area contributed by atoms with E-state index in [-0.39, 0.29) is 34.1 Å². The van der Waals surface area contributed by atoms with Crippen LogP contribution in [0.3, 0.4) is 0 Å². The third kappa shape index (κ3) is 77.3. The predicted molar refractivity (Wildman–Crippen MR) is 198 cm³/mol. The Morgan fingerprint density at radius 2 is 0.395 bits per heavy atom. The summed E-state index contributed by atoms with van der Waals surface area (Å²) in [7, 11) is 0. The van der Waals surface area contributed by atoms with Crippen molar-refractivity contribution in [2.75, 3.05) is 86.9 Å². The van der Waals surface area contributed by atoms with Crippen molar-refractivity contribution in [3.8, 4) is 0 Å². The first-order chi connectivity index (χ1) is 17.0. The topological polar surface area (TPSA) is 0 Å². The Kier molecular flexibility index (Phi) is 130. The summed E-state index contributed by atoms with van der Waals surface area (Å²) >= 11 is 23.9. The fourth-order valence-corrected chi connectivity index (χ4v) is 2.68. The van der Waals surface area contributed by atoms with Crippen LogP contribution in [0, 0.1) is 0 Å². The predicted octanol–water partition coefficient (Wildman–Crippen LogP) is 6.01. The SMILES string of the molecule is CC[N+](CC)(CC)CC.CC[N+](CC)(CC)CC.CC[S-].CC[S-].CC[S-].CC[S-].CC[SH2+].CC[SH2+].[Fe].[Fe]. The summed E-state index contributed by atoms with van der Waals surface area (Å²) in [5.74, 6) is 5.44.